The Morgan fingerprint density at radius 2 is 2.06 bits per heavy atom. The highest BCUT2D eigenvalue weighted by atomic mass is 16.3. The van der Waals surface area contributed by atoms with Crippen LogP contribution in [0.1, 0.15) is 17.4 Å². The predicted molar refractivity (Wildman–Crippen MR) is 61.9 cm³/mol. The largest absolute Gasteiger partial charge is 0.508 e. The average molecular weight is 217 g/mol. The third-order valence-electron chi connectivity index (χ3n) is 2.58. The van der Waals surface area contributed by atoms with Gasteiger partial charge >= 0.3 is 0 Å². The molecule has 0 aliphatic heterocycles. The Labute approximate surface area is 94.4 Å². The van der Waals surface area contributed by atoms with Crippen molar-refractivity contribution in [2.24, 2.45) is 12.8 Å². The molecule has 0 bridgehead atoms. The minimum Gasteiger partial charge on any atom is -0.508 e. The first-order valence-electron chi connectivity index (χ1n) is 5.17. The summed E-state index contributed by atoms with van der Waals surface area (Å²) in [7, 11) is 1.93. The lowest BCUT2D eigenvalue weighted by molar-refractivity contribution is 0.475. The molecule has 0 aliphatic rings. The highest BCUT2D eigenvalue weighted by Gasteiger charge is 2.11. The van der Waals surface area contributed by atoms with Gasteiger partial charge < -0.3 is 15.4 Å². The highest BCUT2D eigenvalue weighted by molar-refractivity contribution is 5.26. The maximum atomic E-state index is 9.17. The maximum absolute atomic E-state index is 9.17. The molecule has 0 saturated carbocycles. The zero-order chi connectivity index (χ0) is 11.5. The SMILES string of the molecule is Cn1ccnc1C(N)Cc1ccc(O)cc1. The number of phenolic OH excluding ortho intramolecular Hbond substituents is 1. The second kappa shape index (κ2) is 4.37. The first kappa shape index (κ1) is 10.7. The normalized spacial score (nSPS) is 12.6. The van der Waals surface area contributed by atoms with Crippen LogP contribution >= 0.6 is 0 Å². The summed E-state index contributed by atoms with van der Waals surface area (Å²) in [5, 5.41) is 9.17. The number of imidazole rings is 1. The van der Waals surface area contributed by atoms with Crippen molar-refractivity contribution in [1.29, 1.82) is 0 Å². The fraction of sp³-hybridized carbons (Fsp3) is 0.250. The molecule has 2 aromatic rings. The molecule has 0 aliphatic carbocycles. The van der Waals surface area contributed by atoms with Crippen LogP contribution in [0.2, 0.25) is 0 Å². The van der Waals surface area contributed by atoms with Crippen LogP contribution in [0, 0.1) is 0 Å². The van der Waals surface area contributed by atoms with Crippen LogP contribution in [-0.2, 0) is 13.5 Å². The Hall–Kier alpha value is -1.81. The van der Waals surface area contributed by atoms with Gasteiger partial charge in [0.25, 0.3) is 0 Å². The molecule has 2 rings (SSSR count). The second-order valence-corrected chi connectivity index (χ2v) is 3.87. The Morgan fingerprint density at radius 1 is 1.38 bits per heavy atom. The summed E-state index contributed by atoms with van der Waals surface area (Å²) in [6.07, 6.45) is 4.34. The molecule has 1 aromatic carbocycles. The number of aryl methyl sites for hydroxylation is 1. The van der Waals surface area contributed by atoms with Gasteiger partial charge in [-0.25, -0.2) is 4.98 Å². The third-order valence-corrected chi connectivity index (χ3v) is 2.58. The number of aromatic hydroxyl groups is 1. The van der Waals surface area contributed by atoms with Crippen LogP contribution in [0.15, 0.2) is 36.7 Å². The number of rotatable bonds is 3. The quantitative estimate of drug-likeness (QED) is 0.816. The van der Waals surface area contributed by atoms with Gasteiger partial charge in [-0.05, 0) is 24.1 Å². The number of phenols is 1. The van der Waals surface area contributed by atoms with Crippen molar-refractivity contribution in [2.75, 3.05) is 0 Å². The molecule has 1 aromatic heterocycles. The minimum atomic E-state index is -0.121. The van der Waals surface area contributed by atoms with Gasteiger partial charge in [0.2, 0.25) is 0 Å². The smallest absolute Gasteiger partial charge is 0.125 e. The van der Waals surface area contributed by atoms with E-state index in [1.54, 1.807) is 18.3 Å². The van der Waals surface area contributed by atoms with E-state index in [2.05, 4.69) is 4.98 Å². The van der Waals surface area contributed by atoms with Crippen LogP contribution in [0.25, 0.3) is 0 Å². The zero-order valence-corrected chi connectivity index (χ0v) is 9.17. The number of benzene rings is 1. The van der Waals surface area contributed by atoms with Gasteiger partial charge in [-0.15, -0.1) is 0 Å². The fourth-order valence-corrected chi connectivity index (χ4v) is 1.71. The molecule has 1 atom stereocenters. The average Bonchev–Trinajstić information content (AvgIpc) is 2.68. The number of aromatic nitrogens is 2. The Bertz CT molecular complexity index is 461. The molecule has 0 spiro atoms. The summed E-state index contributed by atoms with van der Waals surface area (Å²) in [5.74, 6) is 1.14. The zero-order valence-electron chi connectivity index (χ0n) is 9.17. The van der Waals surface area contributed by atoms with Crippen molar-refractivity contribution in [3.63, 3.8) is 0 Å². The first-order valence-corrected chi connectivity index (χ1v) is 5.17. The summed E-state index contributed by atoms with van der Waals surface area (Å²) < 4.78 is 1.92. The lowest BCUT2D eigenvalue weighted by Gasteiger charge is -2.11. The van der Waals surface area contributed by atoms with E-state index in [1.165, 1.54) is 0 Å². The van der Waals surface area contributed by atoms with E-state index in [1.807, 2.05) is 29.9 Å². The molecule has 1 unspecified atom stereocenters. The van der Waals surface area contributed by atoms with E-state index in [-0.39, 0.29) is 11.8 Å². The van der Waals surface area contributed by atoms with Crippen LogP contribution in [0.4, 0.5) is 0 Å². The fourth-order valence-electron chi connectivity index (χ4n) is 1.71. The van der Waals surface area contributed by atoms with Crippen LogP contribution in [0.3, 0.4) is 0 Å². The molecule has 0 radical (unpaired) electrons. The summed E-state index contributed by atoms with van der Waals surface area (Å²) >= 11 is 0. The molecule has 3 N–H and O–H groups in total. The van der Waals surface area contributed by atoms with E-state index in [4.69, 9.17) is 5.73 Å². The van der Waals surface area contributed by atoms with E-state index in [0.717, 1.165) is 11.4 Å². The lowest BCUT2D eigenvalue weighted by atomic mass is 10.1. The highest BCUT2D eigenvalue weighted by Crippen LogP contribution is 2.16. The first-order chi connectivity index (χ1) is 7.66. The van der Waals surface area contributed by atoms with Gasteiger partial charge in [0, 0.05) is 19.4 Å². The van der Waals surface area contributed by atoms with E-state index < -0.39 is 0 Å². The van der Waals surface area contributed by atoms with E-state index in [9.17, 15) is 5.11 Å². The molecule has 84 valence electrons. The second-order valence-electron chi connectivity index (χ2n) is 3.87. The van der Waals surface area contributed by atoms with Crippen molar-refractivity contribution in [3.8, 4) is 5.75 Å². The monoisotopic (exact) mass is 217 g/mol. The van der Waals surface area contributed by atoms with Gasteiger partial charge in [-0.3, -0.25) is 0 Å². The Kier molecular flexibility index (Phi) is 2.92. The molecule has 0 amide bonds. The number of hydrogen-bond donors (Lipinski definition) is 2. The summed E-state index contributed by atoms with van der Waals surface area (Å²) in [5.41, 5.74) is 7.16. The maximum Gasteiger partial charge on any atom is 0.125 e. The molecule has 1 heterocycles. The Balaban J connectivity index is 2.10. The van der Waals surface area contributed by atoms with Crippen molar-refractivity contribution >= 4 is 0 Å². The van der Waals surface area contributed by atoms with E-state index >= 15 is 0 Å². The van der Waals surface area contributed by atoms with Crippen LogP contribution < -0.4 is 5.73 Å². The minimum absolute atomic E-state index is 0.121. The van der Waals surface area contributed by atoms with Gasteiger partial charge in [0.05, 0.1) is 6.04 Å². The molecule has 0 fully saturated rings. The van der Waals surface area contributed by atoms with Crippen molar-refractivity contribution in [3.05, 3.63) is 48.0 Å². The molecule has 0 saturated heterocycles. The third kappa shape index (κ3) is 2.23. The van der Waals surface area contributed by atoms with Crippen LogP contribution in [0.5, 0.6) is 5.75 Å². The van der Waals surface area contributed by atoms with Crippen LogP contribution in [-0.4, -0.2) is 14.7 Å². The van der Waals surface area contributed by atoms with Crippen molar-refractivity contribution < 1.29 is 5.11 Å². The molecule has 4 nitrogen and oxygen atoms in total. The number of hydrogen-bond acceptors (Lipinski definition) is 3. The predicted octanol–water partition coefficient (Wildman–Crippen LogP) is 1.37. The topological polar surface area (TPSA) is 64.1 Å². The molecular weight excluding hydrogens is 202 g/mol. The lowest BCUT2D eigenvalue weighted by Crippen LogP contribution is -2.17. The summed E-state index contributed by atoms with van der Waals surface area (Å²) in [4.78, 5) is 4.22. The van der Waals surface area contributed by atoms with E-state index in [0.29, 0.717) is 6.42 Å². The number of nitrogens with two attached hydrogens (primary N) is 1. The standard InChI is InChI=1S/C12H15N3O/c1-15-7-6-14-12(15)11(13)8-9-2-4-10(16)5-3-9/h2-7,11,16H,8,13H2,1H3. The van der Waals surface area contributed by atoms with Gasteiger partial charge in [0.15, 0.2) is 0 Å². The van der Waals surface area contributed by atoms with Crippen molar-refractivity contribution in [1.82, 2.24) is 9.55 Å². The molecular formula is C12H15N3O. The summed E-state index contributed by atoms with van der Waals surface area (Å²) in [6, 6.07) is 6.96. The van der Waals surface area contributed by atoms with Gasteiger partial charge in [0.1, 0.15) is 11.6 Å². The molecule has 16 heavy (non-hydrogen) atoms. The van der Waals surface area contributed by atoms with Gasteiger partial charge in [-0.1, -0.05) is 12.1 Å². The Morgan fingerprint density at radius 3 is 2.62 bits per heavy atom. The molecule has 4 heteroatoms. The van der Waals surface area contributed by atoms with Crippen molar-refractivity contribution in [2.45, 2.75) is 12.5 Å². The number of nitrogens with zero attached hydrogens (tertiary/aromatic N) is 2. The summed E-state index contributed by atoms with van der Waals surface area (Å²) in [6.45, 7) is 0. The van der Waals surface area contributed by atoms with Gasteiger partial charge in [-0.2, -0.15) is 0 Å².